The molecule has 6 nitrogen and oxygen atoms in total. The largest absolute Gasteiger partial charge is 0.455 e. The number of ether oxygens (including phenoxy) is 1. The highest BCUT2D eigenvalue weighted by molar-refractivity contribution is 6.30. The molecule has 0 aliphatic rings. The van der Waals surface area contributed by atoms with Crippen molar-refractivity contribution in [2.75, 3.05) is 17.2 Å². The van der Waals surface area contributed by atoms with Gasteiger partial charge in [-0.15, -0.1) is 0 Å². The highest BCUT2D eigenvalue weighted by Crippen LogP contribution is 2.14. The van der Waals surface area contributed by atoms with Gasteiger partial charge >= 0.3 is 5.97 Å². The third kappa shape index (κ3) is 6.64. The van der Waals surface area contributed by atoms with Crippen LogP contribution in [0.15, 0.2) is 48.5 Å². The standard InChI is InChI=1S/C18H17ClN2O4/c1-12(22)20-15-7-5-13(6-8-15)9-18(24)25-11-17(23)21-16-4-2-3-14(19)10-16/h2-8,10H,9,11H2,1H3,(H,20,22)(H,21,23). The van der Waals surface area contributed by atoms with Crippen molar-refractivity contribution in [1.82, 2.24) is 0 Å². The van der Waals surface area contributed by atoms with E-state index in [0.717, 1.165) is 0 Å². The first kappa shape index (κ1) is 18.5. The lowest BCUT2D eigenvalue weighted by molar-refractivity contribution is -0.146. The van der Waals surface area contributed by atoms with E-state index in [1.165, 1.54) is 6.92 Å². The summed E-state index contributed by atoms with van der Waals surface area (Å²) in [7, 11) is 0. The topological polar surface area (TPSA) is 84.5 Å². The molecule has 130 valence electrons. The van der Waals surface area contributed by atoms with Gasteiger partial charge < -0.3 is 15.4 Å². The highest BCUT2D eigenvalue weighted by atomic mass is 35.5. The van der Waals surface area contributed by atoms with Crippen LogP contribution in [0.3, 0.4) is 0 Å². The summed E-state index contributed by atoms with van der Waals surface area (Å²) < 4.78 is 4.95. The van der Waals surface area contributed by atoms with Gasteiger partial charge in [0.1, 0.15) is 0 Å². The maximum absolute atomic E-state index is 11.8. The molecule has 0 aromatic heterocycles. The van der Waals surface area contributed by atoms with E-state index in [1.807, 2.05) is 0 Å². The van der Waals surface area contributed by atoms with Crippen LogP contribution in [-0.2, 0) is 25.5 Å². The summed E-state index contributed by atoms with van der Waals surface area (Å²) in [5, 5.41) is 5.72. The van der Waals surface area contributed by atoms with E-state index in [1.54, 1.807) is 48.5 Å². The molecule has 0 aliphatic carbocycles. The number of hydrogen-bond donors (Lipinski definition) is 2. The molecular weight excluding hydrogens is 344 g/mol. The Morgan fingerprint density at radius 1 is 1.00 bits per heavy atom. The number of amides is 2. The third-order valence-electron chi connectivity index (χ3n) is 3.10. The minimum Gasteiger partial charge on any atom is -0.455 e. The van der Waals surface area contributed by atoms with Crippen LogP contribution in [0.2, 0.25) is 5.02 Å². The van der Waals surface area contributed by atoms with Gasteiger partial charge in [-0.3, -0.25) is 14.4 Å². The molecule has 0 saturated heterocycles. The molecule has 7 heteroatoms. The van der Waals surface area contributed by atoms with Crippen LogP contribution >= 0.6 is 11.6 Å². The molecule has 0 radical (unpaired) electrons. The first-order valence-electron chi connectivity index (χ1n) is 7.50. The van der Waals surface area contributed by atoms with E-state index in [0.29, 0.717) is 22.0 Å². The van der Waals surface area contributed by atoms with Crippen molar-refractivity contribution in [3.63, 3.8) is 0 Å². The Labute approximate surface area is 150 Å². The van der Waals surface area contributed by atoms with Gasteiger partial charge in [-0.2, -0.15) is 0 Å². The number of carbonyl (C=O) groups excluding carboxylic acids is 3. The van der Waals surface area contributed by atoms with Crippen LogP contribution < -0.4 is 10.6 Å². The molecule has 2 amide bonds. The van der Waals surface area contributed by atoms with E-state index in [4.69, 9.17) is 16.3 Å². The Morgan fingerprint density at radius 3 is 2.36 bits per heavy atom. The normalized spacial score (nSPS) is 10.0. The van der Waals surface area contributed by atoms with E-state index in [2.05, 4.69) is 10.6 Å². The highest BCUT2D eigenvalue weighted by Gasteiger charge is 2.09. The quantitative estimate of drug-likeness (QED) is 0.775. The second-order valence-electron chi connectivity index (χ2n) is 5.27. The number of hydrogen-bond acceptors (Lipinski definition) is 4. The average Bonchev–Trinajstić information content (AvgIpc) is 2.54. The molecule has 0 aliphatic heterocycles. The van der Waals surface area contributed by atoms with Gasteiger partial charge in [0.25, 0.3) is 5.91 Å². The number of rotatable bonds is 6. The number of esters is 1. The summed E-state index contributed by atoms with van der Waals surface area (Å²) in [6.07, 6.45) is 0.0325. The SMILES string of the molecule is CC(=O)Nc1ccc(CC(=O)OCC(=O)Nc2cccc(Cl)c2)cc1. The molecule has 0 fully saturated rings. The predicted molar refractivity (Wildman–Crippen MR) is 95.5 cm³/mol. The van der Waals surface area contributed by atoms with Gasteiger partial charge in [-0.05, 0) is 35.9 Å². The molecule has 0 saturated carbocycles. The molecule has 2 N–H and O–H groups in total. The summed E-state index contributed by atoms with van der Waals surface area (Å²) >= 11 is 5.83. The van der Waals surface area contributed by atoms with Crippen LogP contribution in [0.4, 0.5) is 11.4 Å². The van der Waals surface area contributed by atoms with E-state index in [-0.39, 0.29) is 18.9 Å². The Hall–Kier alpha value is -2.86. The summed E-state index contributed by atoms with van der Waals surface area (Å²) in [5.74, 6) is -1.14. The molecule has 2 rings (SSSR count). The molecule has 0 spiro atoms. The minimum absolute atomic E-state index is 0.0325. The van der Waals surface area contributed by atoms with Gasteiger partial charge in [0.05, 0.1) is 6.42 Å². The Balaban J connectivity index is 1.78. The monoisotopic (exact) mass is 360 g/mol. The second-order valence-corrected chi connectivity index (χ2v) is 5.71. The van der Waals surface area contributed by atoms with Gasteiger partial charge in [0.15, 0.2) is 6.61 Å². The van der Waals surface area contributed by atoms with E-state index >= 15 is 0 Å². The van der Waals surface area contributed by atoms with Crippen LogP contribution in [0.5, 0.6) is 0 Å². The molecular formula is C18H17ClN2O4. The summed E-state index contributed by atoms with van der Waals surface area (Å²) in [6.45, 7) is 1.04. The molecule has 0 atom stereocenters. The van der Waals surface area contributed by atoms with Crippen LogP contribution in [0.1, 0.15) is 12.5 Å². The molecule has 2 aromatic carbocycles. The second kappa shape index (κ2) is 8.84. The lowest BCUT2D eigenvalue weighted by Crippen LogP contribution is -2.21. The third-order valence-corrected chi connectivity index (χ3v) is 3.33. The van der Waals surface area contributed by atoms with Crippen molar-refractivity contribution in [2.24, 2.45) is 0 Å². The lowest BCUT2D eigenvalue weighted by Gasteiger charge is -2.07. The van der Waals surface area contributed by atoms with Gasteiger partial charge in [-0.1, -0.05) is 29.8 Å². The summed E-state index contributed by atoms with van der Waals surface area (Å²) in [5.41, 5.74) is 1.89. The molecule has 0 bridgehead atoms. The fourth-order valence-corrected chi connectivity index (χ4v) is 2.23. The van der Waals surface area contributed by atoms with Gasteiger partial charge in [-0.25, -0.2) is 0 Å². The van der Waals surface area contributed by atoms with Crippen molar-refractivity contribution < 1.29 is 19.1 Å². The number of nitrogens with one attached hydrogen (secondary N) is 2. The van der Waals surface area contributed by atoms with E-state index in [9.17, 15) is 14.4 Å². The molecule has 0 unspecified atom stereocenters. The maximum Gasteiger partial charge on any atom is 0.310 e. The van der Waals surface area contributed by atoms with Gasteiger partial charge in [0.2, 0.25) is 5.91 Å². The van der Waals surface area contributed by atoms with Crippen LogP contribution in [-0.4, -0.2) is 24.4 Å². The smallest absolute Gasteiger partial charge is 0.310 e. The maximum atomic E-state index is 11.8. The van der Waals surface area contributed by atoms with Crippen LogP contribution in [0.25, 0.3) is 0 Å². The number of benzene rings is 2. The zero-order valence-corrected chi connectivity index (χ0v) is 14.3. The van der Waals surface area contributed by atoms with E-state index < -0.39 is 11.9 Å². The number of halogens is 1. The number of carbonyl (C=O) groups is 3. The van der Waals surface area contributed by atoms with Crippen molar-refractivity contribution >= 4 is 40.8 Å². The molecule has 0 heterocycles. The van der Waals surface area contributed by atoms with Crippen molar-refractivity contribution in [1.29, 1.82) is 0 Å². The zero-order valence-electron chi connectivity index (χ0n) is 13.5. The Bertz CT molecular complexity index is 775. The fraction of sp³-hybridized carbons (Fsp3) is 0.167. The van der Waals surface area contributed by atoms with Gasteiger partial charge in [0, 0.05) is 23.3 Å². The first-order chi connectivity index (χ1) is 11.9. The fourth-order valence-electron chi connectivity index (χ4n) is 2.04. The molecule has 2 aromatic rings. The average molecular weight is 361 g/mol. The van der Waals surface area contributed by atoms with Crippen LogP contribution in [0, 0.1) is 0 Å². The first-order valence-corrected chi connectivity index (χ1v) is 7.88. The minimum atomic E-state index is -0.520. The van der Waals surface area contributed by atoms with Crippen molar-refractivity contribution in [3.05, 3.63) is 59.1 Å². The Morgan fingerprint density at radius 2 is 1.72 bits per heavy atom. The van der Waals surface area contributed by atoms with Crippen molar-refractivity contribution in [2.45, 2.75) is 13.3 Å². The Kier molecular flexibility index (Phi) is 6.54. The predicted octanol–water partition coefficient (Wildman–Crippen LogP) is 3.02. The summed E-state index contributed by atoms with van der Waals surface area (Å²) in [6, 6.07) is 13.5. The lowest BCUT2D eigenvalue weighted by atomic mass is 10.1. The van der Waals surface area contributed by atoms with Crippen molar-refractivity contribution in [3.8, 4) is 0 Å². The zero-order chi connectivity index (χ0) is 18.2. The summed E-state index contributed by atoms with van der Waals surface area (Å²) in [4.78, 5) is 34.5. The molecule has 25 heavy (non-hydrogen) atoms. The number of anilines is 2.